The Kier molecular flexibility index (Phi) is 3.83. The van der Waals surface area contributed by atoms with E-state index in [1.165, 1.54) is 0 Å². The van der Waals surface area contributed by atoms with Gasteiger partial charge in [-0.05, 0) is 38.0 Å². The standard InChI is InChI=1S/C14H20N4O/c1-9(2)8-18(10(3)4)14(19)11-5-6-12-13(7-11)16-17-15-12/h5-7,9-10H,8H2,1-4H3,(H,15,16,17). The summed E-state index contributed by atoms with van der Waals surface area (Å²) < 4.78 is 0. The Labute approximate surface area is 113 Å². The van der Waals surface area contributed by atoms with E-state index >= 15 is 0 Å². The van der Waals surface area contributed by atoms with Gasteiger partial charge in [-0.15, -0.1) is 0 Å². The van der Waals surface area contributed by atoms with Gasteiger partial charge in [0, 0.05) is 18.2 Å². The molecule has 1 aromatic heterocycles. The van der Waals surface area contributed by atoms with Crippen molar-refractivity contribution in [3.63, 3.8) is 0 Å². The van der Waals surface area contributed by atoms with Gasteiger partial charge in [-0.25, -0.2) is 0 Å². The number of aromatic nitrogens is 3. The first-order valence-corrected chi connectivity index (χ1v) is 6.60. The molecule has 0 aliphatic rings. The minimum atomic E-state index is 0.0496. The summed E-state index contributed by atoms with van der Waals surface area (Å²) in [6.45, 7) is 9.06. The van der Waals surface area contributed by atoms with Crippen LogP contribution in [0.5, 0.6) is 0 Å². The Hall–Kier alpha value is -1.91. The molecule has 19 heavy (non-hydrogen) atoms. The van der Waals surface area contributed by atoms with E-state index in [1.54, 1.807) is 6.07 Å². The molecule has 0 bridgehead atoms. The van der Waals surface area contributed by atoms with Gasteiger partial charge in [0.05, 0.1) is 0 Å². The summed E-state index contributed by atoms with van der Waals surface area (Å²) in [5, 5.41) is 10.6. The molecule has 0 atom stereocenters. The summed E-state index contributed by atoms with van der Waals surface area (Å²) in [6, 6.07) is 5.60. The third kappa shape index (κ3) is 2.92. The van der Waals surface area contributed by atoms with Crippen LogP contribution in [0.3, 0.4) is 0 Å². The zero-order valence-electron chi connectivity index (χ0n) is 11.8. The summed E-state index contributed by atoms with van der Waals surface area (Å²) in [7, 11) is 0. The maximum Gasteiger partial charge on any atom is 0.254 e. The van der Waals surface area contributed by atoms with Crippen LogP contribution in [0.4, 0.5) is 0 Å². The minimum absolute atomic E-state index is 0.0496. The predicted octanol–water partition coefficient (Wildman–Crippen LogP) is 2.46. The largest absolute Gasteiger partial charge is 0.336 e. The molecule has 0 aliphatic heterocycles. The Balaban J connectivity index is 2.29. The molecule has 102 valence electrons. The molecule has 0 saturated carbocycles. The second kappa shape index (κ2) is 5.38. The van der Waals surface area contributed by atoms with Gasteiger partial charge in [-0.1, -0.05) is 13.8 Å². The molecule has 1 amide bonds. The number of H-pyrrole nitrogens is 1. The van der Waals surface area contributed by atoms with Gasteiger partial charge in [-0.3, -0.25) is 4.79 Å². The van der Waals surface area contributed by atoms with Crippen molar-refractivity contribution in [2.45, 2.75) is 33.7 Å². The van der Waals surface area contributed by atoms with Crippen molar-refractivity contribution in [1.29, 1.82) is 0 Å². The molecule has 0 aliphatic carbocycles. The Morgan fingerprint density at radius 1 is 1.21 bits per heavy atom. The molecule has 2 aromatic rings. The maximum atomic E-state index is 12.6. The Bertz CT molecular complexity index is 574. The summed E-state index contributed by atoms with van der Waals surface area (Å²) in [5.41, 5.74) is 2.16. The molecular formula is C14H20N4O. The molecular weight excluding hydrogens is 240 g/mol. The molecule has 0 radical (unpaired) electrons. The molecule has 5 heteroatoms. The van der Waals surface area contributed by atoms with E-state index in [1.807, 2.05) is 30.9 Å². The summed E-state index contributed by atoms with van der Waals surface area (Å²) in [5.74, 6) is 0.496. The quantitative estimate of drug-likeness (QED) is 0.918. The number of benzene rings is 1. The van der Waals surface area contributed by atoms with E-state index in [0.717, 1.165) is 17.6 Å². The zero-order valence-corrected chi connectivity index (χ0v) is 11.8. The number of amides is 1. The van der Waals surface area contributed by atoms with Crippen LogP contribution < -0.4 is 0 Å². The van der Waals surface area contributed by atoms with Gasteiger partial charge < -0.3 is 4.90 Å². The highest BCUT2D eigenvalue weighted by Crippen LogP contribution is 2.15. The normalized spacial score (nSPS) is 11.5. The number of fused-ring (bicyclic) bond motifs is 1. The Morgan fingerprint density at radius 3 is 2.53 bits per heavy atom. The van der Waals surface area contributed by atoms with E-state index in [9.17, 15) is 4.79 Å². The van der Waals surface area contributed by atoms with E-state index in [0.29, 0.717) is 11.5 Å². The third-order valence-electron chi connectivity index (χ3n) is 3.01. The SMILES string of the molecule is CC(C)CN(C(=O)c1ccc2n[nH]nc2c1)C(C)C. The first-order valence-electron chi connectivity index (χ1n) is 6.60. The number of hydrogen-bond acceptors (Lipinski definition) is 3. The topological polar surface area (TPSA) is 61.9 Å². The second-order valence-corrected chi connectivity index (χ2v) is 5.47. The van der Waals surface area contributed by atoms with Crippen molar-refractivity contribution < 1.29 is 4.79 Å². The monoisotopic (exact) mass is 260 g/mol. The molecule has 0 spiro atoms. The van der Waals surface area contributed by atoms with Crippen LogP contribution in [0.25, 0.3) is 11.0 Å². The van der Waals surface area contributed by atoms with E-state index in [-0.39, 0.29) is 11.9 Å². The molecule has 0 saturated heterocycles. The van der Waals surface area contributed by atoms with E-state index < -0.39 is 0 Å². The number of nitrogens with one attached hydrogen (secondary N) is 1. The molecule has 1 heterocycles. The smallest absolute Gasteiger partial charge is 0.254 e. The van der Waals surface area contributed by atoms with Crippen molar-refractivity contribution in [2.75, 3.05) is 6.54 Å². The van der Waals surface area contributed by atoms with E-state index in [2.05, 4.69) is 29.3 Å². The van der Waals surface area contributed by atoms with Gasteiger partial charge >= 0.3 is 0 Å². The first kappa shape index (κ1) is 13.5. The van der Waals surface area contributed by atoms with Crippen LogP contribution in [0.2, 0.25) is 0 Å². The van der Waals surface area contributed by atoms with Crippen molar-refractivity contribution in [3.8, 4) is 0 Å². The first-order chi connectivity index (χ1) is 8.99. The number of carbonyl (C=O) groups is 1. The number of nitrogens with zero attached hydrogens (tertiary/aromatic N) is 3. The van der Waals surface area contributed by atoms with Crippen molar-refractivity contribution in [1.82, 2.24) is 20.3 Å². The van der Waals surface area contributed by atoms with Crippen molar-refractivity contribution >= 4 is 16.9 Å². The lowest BCUT2D eigenvalue weighted by atomic mass is 10.1. The highest BCUT2D eigenvalue weighted by atomic mass is 16.2. The lowest BCUT2D eigenvalue weighted by molar-refractivity contribution is 0.0682. The van der Waals surface area contributed by atoms with Crippen molar-refractivity contribution in [3.05, 3.63) is 23.8 Å². The lowest BCUT2D eigenvalue weighted by Gasteiger charge is -2.28. The minimum Gasteiger partial charge on any atom is -0.336 e. The fourth-order valence-electron chi connectivity index (χ4n) is 2.06. The van der Waals surface area contributed by atoms with Crippen LogP contribution in [-0.4, -0.2) is 38.8 Å². The van der Waals surface area contributed by atoms with Crippen LogP contribution in [0.1, 0.15) is 38.1 Å². The third-order valence-corrected chi connectivity index (χ3v) is 3.01. The van der Waals surface area contributed by atoms with Crippen LogP contribution >= 0.6 is 0 Å². The zero-order chi connectivity index (χ0) is 14.0. The highest BCUT2D eigenvalue weighted by Gasteiger charge is 2.20. The van der Waals surface area contributed by atoms with Crippen LogP contribution in [0, 0.1) is 5.92 Å². The van der Waals surface area contributed by atoms with E-state index in [4.69, 9.17) is 0 Å². The van der Waals surface area contributed by atoms with Crippen molar-refractivity contribution in [2.24, 2.45) is 5.92 Å². The summed E-state index contributed by atoms with van der Waals surface area (Å²) in [6.07, 6.45) is 0. The predicted molar refractivity (Wildman–Crippen MR) is 74.9 cm³/mol. The fourth-order valence-corrected chi connectivity index (χ4v) is 2.06. The van der Waals surface area contributed by atoms with Gasteiger partial charge in [-0.2, -0.15) is 15.4 Å². The van der Waals surface area contributed by atoms with Gasteiger partial charge in [0.15, 0.2) is 0 Å². The number of rotatable bonds is 4. The Morgan fingerprint density at radius 2 is 1.89 bits per heavy atom. The molecule has 0 unspecified atom stereocenters. The summed E-state index contributed by atoms with van der Waals surface area (Å²) in [4.78, 5) is 14.4. The molecule has 5 nitrogen and oxygen atoms in total. The number of carbonyl (C=O) groups excluding carboxylic acids is 1. The average molecular weight is 260 g/mol. The fraction of sp³-hybridized carbons (Fsp3) is 0.500. The van der Waals surface area contributed by atoms with Crippen LogP contribution in [-0.2, 0) is 0 Å². The molecule has 1 N–H and O–H groups in total. The lowest BCUT2D eigenvalue weighted by Crippen LogP contribution is -2.39. The number of aromatic amines is 1. The highest BCUT2D eigenvalue weighted by molar-refractivity contribution is 5.97. The molecule has 1 aromatic carbocycles. The van der Waals surface area contributed by atoms with Gasteiger partial charge in [0.1, 0.15) is 11.0 Å². The van der Waals surface area contributed by atoms with Crippen LogP contribution in [0.15, 0.2) is 18.2 Å². The summed E-state index contributed by atoms with van der Waals surface area (Å²) >= 11 is 0. The molecule has 0 fully saturated rings. The second-order valence-electron chi connectivity index (χ2n) is 5.47. The van der Waals surface area contributed by atoms with Gasteiger partial charge in [0.2, 0.25) is 0 Å². The maximum absolute atomic E-state index is 12.6. The number of hydrogen-bond donors (Lipinski definition) is 1. The van der Waals surface area contributed by atoms with Gasteiger partial charge in [0.25, 0.3) is 5.91 Å². The molecule has 2 rings (SSSR count). The average Bonchev–Trinajstić information content (AvgIpc) is 2.81.